The van der Waals surface area contributed by atoms with E-state index in [1.807, 2.05) is 24.4 Å². The Bertz CT molecular complexity index is 1110. The fraction of sp³-hybridized carbons (Fsp3) is 0.458. The smallest absolute Gasteiger partial charge is 0.250 e. The molecule has 1 aliphatic rings. The standard InChI is InChI=1S/C24H31N5O2S2/c1-23(2)12-15(13-24(3,4)29-23)26-22-25-11-10-16(27-22)17-6-7-18(32-17)19-8-9-21(33-19)28-20(30)14-31-5/h6-11,15,29H,12-14H2,1-5H3,(H,28,30)(H,25,26,27). The molecule has 0 aromatic carbocycles. The molecule has 1 aliphatic heterocycles. The second kappa shape index (κ2) is 9.50. The van der Waals surface area contributed by atoms with E-state index < -0.39 is 0 Å². The number of methoxy groups -OCH3 is 1. The maximum absolute atomic E-state index is 11.7. The molecule has 1 fully saturated rings. The molecular weight excluding hydrogens is 454 g/mol. The van der Waals surface area contributed by atoms with E-state index in [1.54, 1.807) is 22.7 Å². The minimum Gasteiger partial charge on any atom is -0.375 e. The maximum Gasteiger partial charge on any atom is 0.250 e. The molecule has 0 unspecified atom stereocenters. The van der Waals surface area contributed by atoms with Crippen LogP contribution in [0.25, 0.3) is 20.3 Å². The average molecular weight is 486 g/mol. The Kier molecular flexibility index (Phi) is 6.86. The number of carbonyl (C=O) groups is 1. The number of rotatable bonds is 7. The summed E-state index contributed by atoms with van der Waals surface area (Å²) in [4.78, 5) is 24.3. The van der Waals surface area contributed by atoms with Gasteiger partial charge in [-0.2, -0.15) is 0 Å². The summed E-state index contributed by atoms with van der Waals surface area (Å²) in [6.07, 6.45) is 3.83. The average Bonchev–Trinajstić information content (AvgIpc) is 3.35. The summed E-state index contributed by atoms with van der Waals surface area (Å²) in [7, 11) is 1.51. The summed E-state index contributed by atoms with van der Waals surface area (Å²) in [5.74, 6) is 0.513. The van der Waals surface area contributed by atoms with Crippen molar-refractivity contribution < 1.29 is 9.53 Å². The van der Waals surface area contributed by atoms with Gasteiger partial charge in [0.1, 0.15) is 6.61 Å². The van der Waals surface area contributed by atoms with Crippen molar-refractivity contribution in [2.24, 2.45) is 0 Å². The summed E-state index contributed by atoms with van der Waals surface area (Å²) in [6.45, 7) is 9.02. The maximum atomic E-state index is 11.7. The van der Waals surface area contributed by atoms with Crippen molar-refractivity contribution in [3.8, 4) is 20.3 Å². The molecule has 176 valence electrons. The first kappa shape index (κ1) is 23.8. The summed E-state index contributed by atoms with van der Waals surface area (Å²) in [5.41, 5.74) is 1.02. The van der Waals surface area contributed by atoms with Gasteiger partial charge in [0.25, 0.3) is 5.91 Å². The van der Waals surface area contributed by atoms with Gasteiger partial charge >= 0.3 is 0 Å². The third-order valence-corrected chi connectivity index (χ3v) is 7.73. The van der Waals surface area contributed by atoms with Crippen molar-refractivity contribution in [2.45, 2.75) is 57.7 Å². The van der Waals surface area contributed by atoms with Crippen LogP contribution in [0.4, 0.5) is 10.9 Å². The van der Waals surface area contributed by atoms with Crippen LogP contribution in [0.5, 0.6) is 0 Å². The molecule has 3 aromatic heterocycles. The van der Waals surface area contributed by atoms with E-state index >= 15 is 0 Å². The minimum atomic E-state index is -0.153. The number of hydrogen-bond donors (Lipinski definition) is 3. The van der Waals surface area contributed by atoms with Crippen LogP contribution in [0.1, 0.15) is 40.5 Å². The molecule has 4 rings (SSSR count). The highest BCUT2D eigenvalue weighted by Crippen LogP contribution is 2.39. The van der Waals surface area contributed by atoms with Crippen LogP contribution in [0, 0.1) is 0 Å². The third-order valence-electron chi connectivity index (χ3n) is 5.42. The van der Waals surface area contributed by atoms with Crippen LogP contribution in [-0.4, -0.2) is 46.7 Å². The lowest BCUT2D eigenvalue weighted by Gasteiger charge is -2.46. The molecule has 3 N–H and O–H groups in total. The topological polar surface area (TPSA) is 88.2 Å². The number of amides is 1. The second-order valence-electron chi connectivity index (χ2n) is 9.72. The predicted molar refractivity (Wildman–Crippen MR) is 137 cm³/mol. The van der Waals surface area contributed by atoms with E-state index in [-0.39, 0.29) is 23.6 Å². The van der Waals surface area contributed by atoms with E-state index in [9.17, 15) is 4.79 Å². The number of ether oxygens (including phenoxy) is 1. The Balaban J connectivity index is 1.47. The monoisotopic (exact) mass is 485 g/mol. The van der Waals surface area contributed by atoms with Gasteiger partial charge in [-0.15, -0.1) is 22.7 Å². The zero-order valence-corrected chi connectivity index (χ0v) is 21.3. The molecule has 0 aliphatic carbocycles. The highest BCUT2D eigenvalue weighted by atomic mass is 32.1. The largest absolute Gasteiger partial charge is 0.375 e. The van der Waals surface area contributed by atoms with Crippen molar-refractivity contribution in [3.05, 3.63) is 36.5 Å². The second-order valence-corrected chi connectivity index (χ2v) is 11.9. The Morgan fingerprint density at radius 3 is 2.45 bits per heavy atom. The van der Waals surface area contributed by atoms with Gasteiger partial charge in [0, 0.05) is 40.2 Å². The first-order valence-corrected chi connectivity index (χ1v) is 12.6. The first-order valence-electron chi connectivity index (χ1n) is 11.0. The normalized spacial score (nSPS) is 17.6. The quantitative estimate of drug-likeness (QED) is 0.424. The number of thiophene rings is 2. The highest BCUT2D eigenvalue weighted by molar-refractivity contribution is 7.25. The predicted octanol–water partition coefficient (Wildman–Crippen LogP) is 5.24. The van der Waals surface area contributed by atoms with E-state index in [0.717, 1.165) is 38.2 Å². The van der Waals surface area contributed by atoms with Gasteiger partial charge < -0.3 is 20.7 Å². The van der Waals surface area contributed by atoms with Crippen LogP contribution in [0.2, 0.25) is 0 Å². The van der Waals surface area contributed by atoms with E-state index in [1.165, 1.54) is 7.11 Å². The Hall–Kier alpha value is -2.33. The van der Waals surface area contributed by atoms with Crippen LogP contribution >= 0.6 is 22.7 Å². The Morgan fingerprint density at radius 2 is 1.73 bits per heavy atom. The molecule has 4 heterocycles. The summed E-state index contributed by atoms with van der Waals surface area (Å²) < 4.78 is 4.87. The fourth-order valence-electron chi connectivity index (χ4n) is 4.62. The van der Waals surface area contributed by atoms with Crippen molar-refractivity contribution in [2.75, 3.05) is 24.4 Å². The highest BCUT2D eigenvalue weighted by Gasteiger charge is 2.37. The van der Waals surface area contributed by atoms with Crippen molar-refractivity contribution >= 4 is 39.5 Å². The molecule has 0 saturated carbocycles. The summed E-state index contributed by atoms with van der Waals surface area (Å²) in [6, 6.07) is 10.4. The number of nitrogens with zero attached hydrogens (tertiary/aromatic N) is 2. The van der Waals surface area contributed by atoms with Gasteiger partial charge in [0.05, 0.1) is 15.6 Å². The molecule has 7 nitrogen and oxygen atoms in total. The number of piperidine rings is 1. The van der Waals surface area contributed by atoms with Gasteiger partial charge in [-0.25, -0.2) is 9.97 Å². The zero-order chi connectivity index (χ0) is 23.6. The van der Waals surface area contributed by atoms with Gasteiger partial charge in [-0.05, 0) is 70.9 Å². The lowest BCUT2D eigenvalue weighted by molar-refractivity contribution is -0.119. The number of anilines is 2. The summed E-state index contributed by atoms with van der Waals surface area (Å²) in [5, 5.41) is 10.9. The van der Waals surface area contributed by atoms with E-state index in [4.69, 9.17) is 9.72 Å². The molecule has 1 amide bonds. The van der Waals surface area contributed by atoms with Gasteiger partial charge in [0.2, 0.25) is 5.95 Å². The minimum absolute atomic E-state index is 0.0484. The molecule has 33 heavy (non-hydrogen) atoms. The molecule has 0 radical (unpaired) electrons. The third kappa shape index (κ3) is 6.17. The van der Waals surface area contributed by atoms with Crippen LogP contribution in [-0.2, 0) is 9.53 Å². The molecule has 0 bridgehead atoms. The molecule has 0 spiro atoms. The van der Waals surface area contributed by atoms with Crippen molar-refractivity contribution in [1.82, 2.24) is 15.3 Å². The Labute approximate surface area is 203 Å². The number of hydrogen-bond acceptors (Lipinski definition) is 8. The number of nitrogens with one attached hydrogen (secondary N) is 3. The first-order chi connectivity index (χ1) is 15.6. The van der Waals surface area contributed by atoms with Crippen molar-refractivity contribution in [1.29, 1.82) is 0 Å². The molecular formula is C24H31N5O2S2. The van der Waals surface area contributed by atoms with Gasteiger partial charge in [-0.1, -0.05) is 0 Å². The lowest BCUT2D eigenvalue weighted by Crippen LogP contribution is -2.60. The van der Waals surface area contributed by atoms with Crippen LogP contribution in [0.3, 0.4) is 0 Å². The van der Waals surface area contributed by atoms with E-state index in [2.05, 4.69) is 60.8 Å². The van der Waals surface area contributed by atoms with E-state index in [0.29, 0.717) is 12.0 Å². The number of carbonyl (C=O) groups excluding carboxylic acids is 1. The summed E-state index contributed by atoms with van der Waals surface area (Å²) >= 11 is 3.23. The molecule has 0 atom stereocenters. The van der Waals surface area contributed by atoms with Crippen LogP contribution < -0.4 is 16.0 Å². The Morgan fingerprint density at radius 1 is 1.06 bits per heavy atom. The lowest BCUT2D eigenvalue weighted by atomic mass is 9.80. The fourth-order valence-corrected chi connectivity index (χ4v) is 6.61. The van der Waals surface area contributed by atoms with Gasteiger partial charge in [0.15, 0.2) is 0 Å². The SMILES string of the molecule is COCC(=O)Nc1ccc(-c2ccc(-c3ccnc(NC4CC(C)(C)NC(C)(C)C4)n3)s2)s1. The van der Waals surface area contributed by atoms with Crippen molar-refractivity contribution in [3.63, 3.8) is 0 Å². The molecule has 1 saturated heterocycles. The number of aromatic nitrogens is 2. The van der Waals surface area contributed by atoms with Gasteiger partial charge in [-0.3, -0.25) is 4.79 Å². The molecule has 9 heteroatoms. The molecule has 3 aromatic rings. The van der Waals surface area contributed by atoms with Crippen LogP contribution in [0.15, 0.2) is 36.5 Å². The zero-order valence-electron chi connectivity index (χ0n) is 19.7.